The van der Waals surface area contributed by atoms with Gasteiger partial charge in [0, 0.05) is 0 Å². The lowest BCUT2D eigenvalue weighted by molar-refractivity contribution is 0.723. The maximum Gasteiger partial charge on any atom is 0.100 e. The Morgan fingerprint density at radius 3 is 2.58 bits per heavy atom. The fraction of sp³-hybridized carbons (Fsp3) is 0.556. The van der Waals surface area contributed by atoms with Gasteiger partial charge < -0.3 is 5.73 Å². The number of nitrogens with two attached hydrogens (primary N) is 1. The van der Waals surface area contributed by atoms with Crippen LogP contribution in [0, 0.1) is 0 Å². The normalized spacial score (nSPS) is 18.8. The third-order valence-electron chi connectivity index (χ3n) is 2.58. The Bertz CT molecular complexity index is 276. The summed E-state index contributed by atoms with van der Waals surface area (Å²) in [4.78, 5) is 0. The van der Waals surface area contributed by atoms with Gasteiger partial charge in [-0.15, -0.1) is 11.3 Å². The molecule has 2 rings (SSSR count). The van der Waals surface area contributed by atoms with Gasteiger partial charge in [0.2, 0.25) is 0 Å². The lowest BCUT2D eigenvalue weighted by Gasteiger charge is -2.06. The predicted octanol–water partition coefficient (Wildman–Crippen LogP) is 3.75. The van der Waals surface area contributed by atoms with E-state index in [0.717, 1.165) is 15.4 Å². The number of hydrogen-bond donors (Lipinski definition) is 1. The summed E-state index contributed by atoms with van der Waals surface area (Å²) in [6, 6.07) is 0. The van der Waals surface area contributed by atoms with Crippen LogP contribution in [0.15, 0.2) is 9.85 Å². The van der Waals surface area contributed by atoms with E-state index in [1.54, 1.807) is 11.3 Å². The Morgan fingerprint density at radius 1 is 1.42 bits per heavy atom. The van der Waals surface area contributed by atoms with Crippen LogP contribution in [-0.4, -0.2) is 0 Å². The Kier molecular flexibility index (Phi) is 2.42. The number of halogens is 1. The minimum atomic E-state index is 0.771. The quantitative estimate of drug-likeness (QED) is 0.802. The molecule has 1 aliphatic rings. The maximum atomic E-state index is 5.78. The molecule has 0 aromatic carbocycles. The highest BCUT2D eigenvalue weighted by Crippen LogP contribution is 2.42. The molecule has 1 fully saturated rings. The molecule has 66 valence electrons. The minimum Gasteiger partial charge on any atom is -0.390 e. The van der Waals surface area contributed by atoms with Crippen LogP contribution in [0.3, 0.4) is 0 Å². The van der Waals surface area contributed by atoms with Crippen LogP contribution in [0.1, 0.15) is 37.2 Å². The summed E-state index contributed by atoms with van der Waals surface area (Å²) in [5.41, 5.74) is 7.22. The molecule has 12 heavy (non-hydrogen) atoms. The lowest BCUT2D eigenvalue weighted by Crippen LogP contribution is -1.90. The Morgan fingerprint density at radius 2 is 2.08 bits per heavy atom. The molecular weight excluding hydrogens is 234 g/mol. The predicted molar refractivity (Wildman–Crippen MR) is 57.6 cm³/mol. The van der Waals surface area contributed by atoms with Crippen LogP contribution in [0.25, 0.3) is 0 Å². The van der Waals surface area contributed by atoms with E-state index in [2.05, 4.69) is 21.3 Å². The summed E-state index contributed by atoms with van der Waals surface area (Å²) in [6.07, 6.45) is 5.45. The molecule has 3 heteroatoms. The van der Waals surface area contributed by atoms with Gasteiger partial charge in [-0.3, -0.25) is 0 Å². The van der Waals surface area contributed by atoms with Crippen molar-refractivity contribution in [3.05, 3.63) is 15.4 Å². The van der Waals surface area contributed by atoms with Crippen molar-refractivity contribution in [2.24, 2.45) is 0 Å². The van der Waals surface area contributed by atoms with Crippen LogP contribution < -0.4 is 5.73 Å². The van der Waals surface area contributed by atoms with Gasteiger partial charge in [-0.25, -0.2) is 0 Å². The fourth-order valence-electron chi connectivity index (χ4n) is 1.88. The van der Waals surface area contributed by atoms with Gasteiger partial charge in [-0.1, -0.05) is 12.8 Å². The van der Waals surface area contributed by atoms with Gasteiger partial charge >= 0.3 is 0 Å². The Labute approximate surface area is 85.1 Å². The van der Waals surface area contributed by atoms with Crippen molar-refractivity contribution in [1.29, 1.82) is 0 Å². The molecule has 1 aromatic heterocycles. The van der Waals surface area contributed by atoms with E-state index in [1.165, 1.54) is 31.2 Å². The standard InChI is InChI=1S/C9H12BrNS/c10-8-7(5-12-9(8)11)6-3-1-2-4-6/h5-6H,1-4,11H2. The topological polar surface area (TPSA) is 26.0 Å². The SMILES string of the molecule is Nc1scc(C2CCCC2)c1Br. The third kappa shape index (κ3) is 1.40. The van der Waals surface area contributed by atoms with E-state index in [-0.39, 0.29) is 0 Å². The highest BCUT2D eigenvalue weighted by molar-refractivity contribution is 9.10. The molecule has 0 bridgehead atoms. The number of nitrogen functional groups attached to an aromatic ring is 1. The second-order valence-electron chi connectivity index (χ2n) is 3.35. The summed E-state index contributed by atoms with van der Waals surface area (Å²) in [7, 11) is 0. The van der Waals surface area contributed by atoms with E-state index in [0.29, 0.717) is 0 Å². The molecule has 1 saturated carbocycles. The summed E-state index contributed by atoms with van der Waals surface area (Å²) in [5.74, 6) is 0.771. The highest BCUT2D eigenvalue weighted by atomic mass is 79.9. The largest absolute Gasteiger partial charge is 0.390 e. The maximum absolute atomic E-state index is 5.78. The zero-order chi connectivity index (χ0) is 8.55. The van der Waals surface area contributed by atoms with Crippen molar-refractivity contribution < 1.29 is 0 Å². The Balaban J connectivity index is 2.26. The van der Waals surface area contributed by atoms with Crippen LogP contribution in [0.4, 0.5) is 5.00 Å². The van der Waals surface area contributed by atoms with Gasteiger partial charge in [0.15, 0.2) is 0 Å². The number of anilines is 1. The molecule has 1 aromatic rings. The van der Waals surface area contributed by atoms with Crippen molar-refractivity contribution in [3.63, 3.8) is 0 Å². The average molecular weight is 246 g/mol. The van der Waals surface area contributed by atoms with Crippen LogP contribution in [-0.2, 0) is 0 Å². The van der Waals surface area contributed by atoms with Crippen molar-refractivity contribution in [3.8, 4) is 0 Å². The summed E-state index contributed by atoms with van der Waals surface area (Å²) in [6.45, 7) is 0. The Hall–Kier alpha value is -0.0200. The molecular formula is C9H12BrNS. The van der Waals surface area contributed by atoms with Crippen LogP contribution in [0.5, 0.6) is 0 Å². The van der Waals surface area contributed by atoms with Crippen molar-refractivity contribution in [1.82, 2.24) is 0 Å². The highest BCUT2D eigenvalue weighted by Gasteiger charge is 2.21. The van der Waals surface area contributed by atoms with Gasteiger partial charge in [-0.05, 0) is 45.6 Å². The molecule has 0 radical (unpaired) electrons. The molecule has 2 N–H and O–H groups in total. The second-order valence-corrected chi connectivity index (χ2v) is 5.05. The average Bonchev–Trinajstić information content (AvgIpc) is 2.64. The first-order chi connectivity index (χ1) is 5.79. The monoisotopic (exact) mass is 245 g/mol. The first kappa shape index (κ1) is 8.57. The van der Waals surface area contributed by atoms with E-state index >= 15 is 0 Å². The molecule has 0 spiro atoms. The van der Waals surface area contributed by atoms with E-state index in [1.807, 2.05) is 0 Å². The lowest BCUT2D eigenvalue weighted by atomic mass is 10.0. The zero-order valence-corrected chi connectivity index (χ0v) is 9.25. The smallest absolute Gasteiger partial charge is 0.100 e. The summed E-state index contributed by atoms with van der Waals surface area (Å²) >= 11 is 5.19. The van der Waals surface area contributed by atoms with Gasteiger partial charge in [0.25, 0.3) is 0 Å². The van der Waals surface area contributed by atoms with Crippen LogP contribution in [0.2, 0.25) is 0 Å². The van der Waals surface area contributed by atoms with Gasteiger partial charge in [0.1, 0.15) is 5.00 Å². The van der Waals surface area contributed by atoms with Gasteiger partial charge in [-0.2, -0.15) is 0 Å². The van der Waals surface area contributed by atoms with E-state index in [4.69, 9.17) is 5.73 Å². The van der Waals surface area contributed by atoms with Crippen LogP contribution >= 0.6 is 27.3 Å². The molecule has 0 atom stereocenters. The molecule has 1 nitrogen and oxygen atoms in total. The molecule has 1 heterocycles. The van der Waals surface area contributed by atoms with E-state index in [9.17, 15) is 0 Å². The first-order valence-corrected chi connectivity index (χ1v) is 5.98. The first-order valence-electron chi connectivity index (χ1n) is 4.31. The van der Waals surface area contributed by atoms with Gasteiger partial charge in [0.05, 0.1) is 4.47 Å². The van der Waals surface area contributed by atoms with Crippen molar-refractivity contribution in [2.75, 3.05) is 5.73 Å². The molecule has 1 aliphatic carbocycles. The third-order valence-corrected chi connectivity index (χ3v) is 4.55. The summed E-state index contributed by atoms with van der Waals surface area (Å²) < 4.78 is 1.15. The fourth-order valence-corrected chi connectivity index (χ4v) is 3.54. The molecule has 0 amide bonds. The number of thiophene rings is 1. The number of hydrogen-bond acceptors (Lipinski definition) is 2. The zero-order valence-electron chi connectivity index (χ0n) is 6.85. The van der Waals surface area contributed by atoms with E-state index < -0.39 is 0 Å². The minimum absolute atomic E-state index is 0.771. The second kappa shape index (κ2) is 3.38. The van der Waals surface area contributed by atoms with Crippen molar-refractivity contribution >= 4 is 32.3 Å². The molecule has 0 aliphatic heterocycles. The summed E-state index contributed by atoms with van der Waals surface area (Å²) in [5, 5.41) is 3.13. The number of rotatable bonds is 1. The van der Waals surface area contributed by atoms with Crippen molar-refractivity contribution in [2.45, 2.75) is 31.6 Å². The molecule has 0 saturated heterocycles. The molecule has 0 unspecified atom stereocenters.